The van der Waals surface area contributed by atoms with Gasteiger partial charge in [-0.25, -0.2) is 4.79 Å². The Balaban J connectivity index is 2.05. The van der Waals surface area contributed by atoms with Gasteiger partial charge in [-0.05, 0) is 51.2 Å². The second kappa shape index (κ2) is 8.11. The largest absolute Gasteiger partial charge is 0.465 e. The summed E-state index contributed by atoms with van der Waals surface area (Å²) in [6.07, 6.45) is -0.876. The molecule has 0 radical (unpaired) electrons. The molecule has 0 aliphatic carbocycles. The minimum Gasteiger partial charge on any atom is -0.465 e. The molecule has 9 heteroatoms. The van der Waals surface area contributed by atoms with Gasteiger partial charge in [0.25, 0.3) is 0 Å². The molecule has 1 spiro atoms. The highest BCUT2D eigenvalue weighted by Crippen LogP contribution is 2.46. The van der Waals surface area contributed by atoms with Crippen molar-refractivity contribution in [2.24, 2.45) is 11.7 Å². The number of carboxylic acid groups (broad SMARTS) is 1. The molecule has 2 aliphatic heterocycles. The molecule has 1 aromatic rings. The van der Waals surface area contributed by atoms with Crippen LogP contribution >= 0.6 is 0 Å². The fourth-order valence-corrected chi connectivity index (χ4v) is 4.97. The average molecular weight is 445 g/mol. The van der Waals surface area contributed by atoms with Gasteiger partial charge in [-0.15, -0.1) is 0 Å². The highest BCUT2D eigenvalue weighted by molar-refractivity contribution is 6.08. The lowest BCUT2D eigenvalue weighted by Crippen LogP contribution is -2.59. The summed E-state index contributed by atoms with van der Waals surface area (Å²) in [6, 6.07) is 5.17. The van der Waals surface area contributed by atoms with Crippen molar-refractivity contribution in [3.05, 3.63) is 29.8 Å². The molecule has 2 heterocycles. The van der Waals surface area contributed by atoms with E-state index in [0.717, 1.165) is 10.5 Å². The van der Waals surface area contributed by atoms with Crippen molar-refractivity contribution < 1.29 is 24.3 Å². The first kappa shape index (κ1) is 23.6. The van der Waals surface area contributed by atoms with E-state index >= 15 is 0 Å². The maximum absolute atomic E-state index is 13.8. The van der Waals surface area contributed by atoms with Crippen LogP contribution in [-0.2, 0) is 19.8 Å². The molecule has 32 heavy (non-hydrogen) atoms. The molecular weight excluding hydrogens is 412 g/mol. The van der Waals surface area contributed by atoms with Crippen molar-refractivity contribution in [1.29, 1.82) is 0 Å². The first-order chi connectivity index (χ1) is 14.8. The van der Waals surface area contributed by atoms with Crippen molar-refractivity contribution in [3.63, 3.8) is 0 Å². The summed E-state index contributed by atoms with van der Waals surface area (Å²) >= 11 is 0. The number of rotatable bonds is 5. The number of nitrogens with one attached hydrogen (secondary N) is 1. The number of para-hydroxylation sites is 1. The molecular formula is C23H32N4O5. The van der Waals surface area contributed by atoms with Crippen LogP contribution in [-0.4, -0.2) is 62.9 Å². The highest BCUT2D eigenvalue weighted by Gasteiger charge is 2.58. The highest BCUT2D eigenvalue weighted by atomic mass is 16.4. The normalized spacial score (nSPS) is 23.2. The Morgan fingerprint density at radius 1 is 1.28 bits per heavy atom. The number of nitrogens with two attached hydrogens (primary N) is 1. The van der Waals surface area contributed by atoms with Crippen molar-refractivity contribution in [1.82, 2.24) is 9.80 Å². The minimum atomic E-state index is -1.22. The van der Waals surface area contributed by atoms with Crippen LogP contribution in [0.3, 0.4) is 0 Å². The van der Waals surface area contributed by atoms with Gasteiger partial charge in [0.1, 0.15) is 12.1 Å². The van der Waals surface area contributed by atoms with Crippen LogP contribution in [0.4, 0.5) is 10.5 Å². The van der Waals surface area contributed by atoms with E-state index in [2.05, 4.69) is 5.32 Å². The lowest BCUT2D eigenvalue weighted by atomic mass is 9.79. The van der Waals surface area contributed by atoms with Crippen LogP contribution in [0.5, 0.6) is 0 Å². The summed E-state index contributed by atoms with van der Waals surface area (Å²) < 4.78 is 0. The average Bonchev–Trinajstić information content (AvgIpc) is 3.19. The number of nitrogens with zero attached hydrogens (tertiary/aromatic N) is 2. The van der Waals surface area contributed by atoms with E-state index in [4.69, 9.17) is 5.73 Å². The topological polar surface area (TPSA) is 133 Å². The number of fused-ring (bicyclic) bond motifs is 2. The Morgan fingerprint density at radius 3 is 2.44 bits per heavy atom. The van der Waals surface area contributed by atoms with Crippen molar-refractivity contribution >= 4 is 29.5 Å². The van der Waals surface area contributed by atoms with Gasteiger partial charge in [0, 0.05) is 17.8 Å². The van der Waals surface area contributed by atoms with Crippen LogP contribution in [0.15, 0.2) is 24.3 Å². The zero-order valence-electron chi connectivity index (χ0n) is 19.2. The van der Waals surface area contributed by atoms with E-state index < -0.39 is 40.9 Å². The molecule has 174 valence electrons. The van der Waals surface area contributed by atoms with Crippen LogP contribution in [0, 0.1) is 5.92 Å². The lowest BCUT2D eigenvalue weighted by molar-refractivity contribution is -0.143. The summed E-state index contributed by atoms with van der Waals surface area (Å²) in [6.45, 7) is 8.94. The smallest absolute Gasteiger partial charge is 0.408 e. The summed E-state index contributed by atoms with van der Waals surface area (Å²) in [5, 5.41) is 12.8. The predicted molar refractivity (Wildman–Crippen MR) is 119 cm³/mol. The fraction of sp³-hybridized carbons (Fsp3) is 0.565. The van der Waals surface area contributed by atoms with Gasteiger partial charge < -0.3 is 21.1 Å². The van der Waals surface area contributed by atoms with E-state index in [1.54, 1.807) is 39.0 Å². The van der Waals surface area contributed by atoms with Gasteiger partial charge >= 0.3 is 6.09 Å². The standard InChI is InChI=1S/C23H32N4O5/c1-13(2)10-16(27(21(31)32)22(3,4)5)19(29)26-12-23(11-17(26)18(24)28)14-8-6-7-9-15(14)25-20(23)30/h6-9,13,16-17H,10-12H2,1-5H3,(H2,24,28)(H,25,30)(H,31,32)/t16-,17-,23-/m0/s1. The first-order valence-electron chi connectivity index (χ1n) is 10.8. The molecule has 3 atom stereocenters. The Bertz CT molecular complexity index is 954. The summed E-state index contributed by atoms with van der Waals surface area (Å²) in [4.78, 5) is 53.9. The monoisotopic (exact) mass is 444 g/mol. The van der Waals surface area contributed by atoms with Crippen molar-refractivity contribution in [2.75, 3.05) is 11.9 Å². The fourth-order valence-electron chi connectivity index (χ4n) is 4.97. The van der Waals surface area contributed by atoms with E-state index in [9.17, 15) is 24.3 Å². The first-order valence-corrected chi connectivity index (χ1v) is 10.8. The minimum absolute atomic E-state index is 0.0206. The number of primary amides is 1. The Labute approximate surface area is 187 Å². The second-order valence-corrected chi connectivity index (χ2v) is 10.1. The van der Waals surface area contributed by atoms with Crippen LogP contribution in [0.1, 0.15) is 53.0 Å². The second-order valence-electron chi connectivity index (χ2n) is 10.1. The quantitative estimate of drug-likeness (QED) is 0.640. The van der Waals surface area contributed by atoms with Crippen LogP contribution in [0.2, 0.25) is 0 Å². The third-order valence-electron chi connectivity index (χ3n) is 6.32. The van der Waals surface area contributed by atoms with Crippen LogP contribution in [0.25, 0.3) is 0 Å². The zero-order valence-corrected chi connectivity index (χ0v) is 19.2. The lowest BCUT2D eigenvalue weighted by Gasteiger charge is -2.41. The number of likely N-dealkylation sites (tertiary alicyclic amines) is 1. The van der Waals surface area contributed by atoms with Gasteiger partial charge in [-0.2, -0.15) is 0 Å². The van der Waals surface area contributed by atoms with Gasteiger partial charge in [0.15, 0.2) is 0 Å². The molecule has 0 saturated carbocycles. The molecule has 1 fully saturated rings. The van der Waals surface area contributed by atoms with Gasteiger partial charge in [0.2, 0.25) is 17.7 Å². The maximum Gasteiger partial charge on any atom is 0.408 e. The van der Waals surface area contributed by atoms with Gasteiger partial charge in [-0.3, -0.25) is 19.3 Å². The summed E-state index contributed by atoms with van der Waals surface area (Å²) in [7, 11) is 0. The summed E-state index contributed by atoms with van der Waals surface area (Å²) in [5.41, 5.74) is 5.10. The number of carbonyl (C=O) groups is 4. The maximum atomic E-state index is 13.8. The van der Waals surface area contributed by atoms with E-state index in [0.29, 0.717) is 5.69 Å². The number of hydrogen-bond acceptors (Lipinski definition) is 4. The number of carbonyl (C=O) groups excluding carboxylic acids is 3. The van der Waals surface area contributed by atoms with Crippen LogP contribution < -0.4 is 11.1 Å². The molecule has 2 aliphatic rings. The van der Waals surface area contributed by atoms with E-state index in [1.807, 2.05) is 19.9 Å². The molecule has 3 rings (SSSR count). The number of benzene rings is 1. The molecule has 0 unspecified atom stereocenters. The van der Waals surface area contributed by atoms with Gasteiger partial charge in [-0.1, -0.05) is 32.0 Å². The SMILES string of the molecule is CC(C)C[C@@H](C(=O)N1C[C@]2(C[C@H]1C(N)=O)C(=O)Nc1ccccc12)N(C(=O)O)C(C)(C)C. The van der Waals surface area contributed by atoms with Crippen molar-refractivity contribution in [3.8, 4) is 0 Å². The molecule has 1 saturated heterocycles. The molecule has 9 nitrogen and oxygen atoms in total. The predicted octanol–water partition coefficient (Wildman–Crippen LogP) is 2.16. The van der Waals surface area contributed by atoms with Gasteiger partial charge in [0.05, 0.1) is 5.41 Å². The summed E-state index contributed by atoms with van der Waals surface area (Å²) in [5.74, 6) is -1.49. The third kappa shape index (κ3) is 3.91. The van der Waals surface area contributed by atoms with E-state index in [-0.39, 0.29) is 31.2 Å². The number of anilines is 1. The number of amides is 4. The van der Waals surface area contributed by atoms with Crippen molar-refractivity contribution in [2.45, 2.75) is 70.5 Å². The molecule has 1 aromatic carbocycles. The zero-order chi connectivity index (χ0) is 24.0. The third-order valence-corrected chi connectivity index (χ3v) is 6.32. The Kier molecular flexibility index (Phi) is 5.97. The van der Waals surface area contributed by atoms with E-state index in [1.165, 1.54) is 4.90 Å². The molecule has 4 amide bonds. The number of hydrogen-bond donors (Lipinski definition) is 3. The molecule has 4 N–H and O–H groups in total. The molecule has 0 bridgehead atoms. The Morgan fingerprint density at radius 2 is 1.91 bits per heavy atom. The Hall–Kier alpha value is -3.10. The molecule has 0 aromatic heterocycles.